The van der Waals surface area contributed by atoms with Crippen LogP contribution < -0.4 is 5.73 Å². The largest absolute Gasteiger partial charge is 0.400 e. The lowest BCUT2D eigenvalue weighted by Crippen LogP contribution is -2.25. The lowest BCUT2D eigenvalue weighted by molar-refractivity contribution is -0.109. The Kier molecular flexibility index (Phi) is 7.94. The molecular formula is C10H21NO2. The van der Waals surface area contributed by atoms with E-state index in [0.717, 1.165) is 25.7 Å². The summed E-state index contributed by atoms with van der Waals surface area (Å²) in [7, 11) is 1.00. The fraction of sp³-hybridized carbons (Fsp3) is 0.900. The minimum Gasteiger partial charge on any atom is -0.400 e. The van der Waals surface area contributed by atoms with Crippen molar-refractivity contribution in [2.75, 3.05) is 7.11 Å². The zero-order valence-electron chi connectivity index (χ0n) is 8.41. The molecule has 1 fully saturated rings. The minimum atomic E-state index is -0.210. The summed E-state index contributed by atoms with van der Waals surface area (Å²) in [5, 5.41) is 7.00. The van der Waals surface area contributed by atoms with Gasteiger partial charge in [-0.2, -0.15) is 0 Å². The summed E-state index contributed by atoms with van der Waals surface area (Å²) in [6.45, 7) is 0. The van der Waals surface area contributed by atoms with Crippen LogP contribution in [0.3, 0.4) is 0 Å². The predicted molar refractivity (Wildman–Crippen MR) is 53.4 cm³/mol. The molecule has 0 bridgehead atoms. The Hall–Kier alpha value is -0.410. The molecule has 0 spiro atoms. The Bertz CT molecular complexity index is 122. The molecule has 0 heterocycles. The van der Waals surface area contributed by atoms with Crippen LogP contribution in [0.4, 0.5) is 0 Å². The highest BCUT2D eigenvalue weighted by Crippen LogP contribution is 2.26. The first-order valence-electron chi connectivity index (χ1n) is 4.98. The molecule has 0 amide bonds. The van der Waals surface area contributed by atoms with E-state index in [1.54, 1.807) is 0 Å². The molecule has 1 aliphatic rings. The molecule has 13 heavy (non-hydrogen) atoms. The maximum atomic E-state index is 10.3. The average Bonchev–Trinajstić information content (AvgIpc) is 2.22. The van der Waals surface area contributed by atoms with E-state index in [1.807, 2.05) is 0 Å². The van der Waals surface area contributed by atoms with Gasteiger partial charge in [0.25, 0.3) is 0 Å². The number of carbonyl (C=O) groups is 1. The van der Waals surface area contributed by atoms with Gasteiger partial charge < -0.3 is 15.6 Å². The van der Waals surface area contributed by atoms with Crippen molar-refractivity contribution in [3.8, 4) is 0 Å². The molecule has 0 saturated heterocycles. The summed E-state index contributed by atoms with van der Waals surface area (Å²) >= 11 is 0. The zero-order chi connectivity index (χ0) is 10.1. The van der Waals surface area contributed by atoms with Crippen LogP contribution in [0.5, 0.6) is 0 Å². The van der Waals surface area contributed by atoms with Crippen molar-refractivity contribution in [2.45, 2.75) is 44.6 Å². The molecule has 0 aromatic heterocycles. The maximum absolute atomic E-state index is 10.3. The van der Waals surface area contributed by atoms with Crippen LogP contribution in [0.1, 0.15) is 38.5 Å². The molecule has 0 radical (unpaired) electrons. The molecule has 0 aromatic carbocycles. The van der Waals surface area contributed by atoms with Crippen molar-refractivity contribution in [1.29, 1.82) is 0 Å². The van der Waals surface area contributed by atoms with E-state index in [2.05, 4.69) is 0 Å². The maximum Gasteiger partial charge on any atom is 0.136 e. The molecule has 3 N–H and O–H groups in total. The average molecular weight is 187 g/mol. The van der Waals surface area contributed by atoms with Gasteiger partial charge in [-0.3, -0.25) is 0 Å². The van der Waals surface area contributed by atoms with Crippen LogP contribution in [0.25, 0.3) is 0 Å². The Balaban J connectivity index is 0.000000671. The van der Waals surface area contributed by atoms with Gasteiger partial charge in [-0.05, 0) is 12.3 Å². The Labute approximate surface area is 80.3 Å². The summed E-state index contributed by atoms with van der Waals surface area (Å²) in [6, 6.07) is -0.210. The highest BCUT2D eigenvalue weighted by molar-refractivity contribution is 5.56. The second-order valence-corrected chi connectivity index (χ2v) is 3.54. The van der Waals surface area contributed by atoms with Gasteiger partial charge in [-0.1, -0.05) is 32.1 Å². The molecule has 0 aliphatic heterocycles. The monoisotopic (exact) mass is 187 g/mol. The van der Waals surface area contributed by atoms with Gasteiger partial charge in [-0.25, -0.2) is 0 Å². The molecule has 0 aromatic rings. The second-order valence-electron chi connectivity index (χ2n) is 3.54. The van der Waals surface area contributed by atoms with Crippen LogP contribution in [0.15, 0.2) is 0 Å². The lowest BCUT2D eigenvalue weighted by Gasteiger charge is -2.22. The molecule has 1 rings (SSSR count). The van der Waals surface area contributed by atoms with Crippen molar-refractivity contribution < 1.29 is 9.90 Å². The van der Waals surface area contributed by atoms with Crippen LogP contribution in [-0.2, 0) is 4.79 Å². The first kappa shape index (κ1) is 12.6. The highest BCUT2D eigenvalue weighted by Gasteiger charge is 2.15. The summed E-state index contributed by atoms with van der Waals surface area (Å²) in [6.07, 6.45) is 8.36. The van der Waals surface area contributed by atoms with E-state index in [0.29, 0.717) is 0 Å². The summed E-state index contributed by atoms with van der Waals surface area (Å²) in [5.41, 5.74) is 5.54. The molecule has 78 valence electrons. The summed E-state index contributed by atoms with van der Waals surface area (Å²) in [5.74, 6) is 0.726. The molecule has 1 saturated carbocycles. The van der Waals surface area contributed by atoms with E-state index >= 15 is 0 Å². The van der Waals surface area contributed by atoms with Crippen molar-refractivity contribution in [3.63, 3.8) is 0 Å². The molecule has 1 atom stereocenters. The first-order chi connectivity index (χ1) is 6.33. The van der Waals surface area contributed by atoms with Crippen molar-refractivity contribution in [2.24, 2.45) is 11.7 Å². The summed E-state index contributed by atoms with van der Waals surface area (Å²) < 4.78 is 0. The number of aliphatic hydroxyl groups excluding tert-OH is 1. The SMILES string of the molecule is CO.NC(C=O)CC1CCCCC1. The predicted octanol–water partition coefficient (Wildman–Crippen LogP) is 1.09. The third kappa shape index (κ3) is 5.77. The van der Waals surface area contributed by atoms with Crippen LogP contribution in [0, 0.1) is 5.92 Å². The second kappa shape index (κ2) is 8.20. The number of aliphatic hydroxyl groups is 1. The fourth-order valence-electron chi connectivity index (χ4n) is 1.86. The molecule has 1 aliphatic carbocycles. The topological polar surface area (TPSA) is 63.3 Å². The van der Waals surface area contributed by atoms with E-state index < -0.39 is 0 Å². The third-order valence-electron chi connectivity index (χ3n) is 2.51. The smallest absolute Gasteiger partial charge is 0.136 e. The summed E-state index contributed by atoms with van der Waals surface area (Å²) in [4.78, 5) is 10.3. The number of hydrogen-bond acceptors (Lipinski definition) is 3. The van der Waals surface area contributed by atoms with E-state index in [9.17, 15) is 4.79 Å². The number of nitrogens with two attached hydrogens (primary N) is 1. The Morgan fingerprint density at radius 2 is 1.92 bits per heavy atom. The van der Waals surface area contributed by atoms with Crippen LogP contribution in [-0.4, -0.2) is 24.5 Å². The zero-order valence-corrected chi connectivity index (χ0v) is 8.41. The molecule has 3 heteroatoms. The first-order valence-corrected chi connectivity index (χ1v) is 4.98. The number of aldehydes is 1. The minimum absolute atomic E-state index is 0.210. The molecular weight excluding hydrogens is 166 g/mol. The standard InChI is InChI=1S/C9H17NO.CH4O/c10-9(7-11)6-8-4-2-1-3-5-8;1-2/h7-9H,1-6,10H2;2H,1H3. The fourth-order valence-corrected chi connectivity index (χ4v) is 1.86. The van der Waals surface area contributed by atoms with Gasteiger partial charge in [-0.15, -0.1) is 0 Å². The number of carbonyl (C=O) groups excluding carboxylic acids is 1. The number of rotatable bonds is 3. The normalized spacial score (nSPS) is 19.9. The van der Waals surface area contributed by atoms with Gasteiger partial charge in [0.1, 0.15) is 6.29 Å². The van der Waals surface area contributed by atoms with E-state index in [4.69, 9.17) is 10.8 Å². The van der Waals surface area contributed by atoms with Gasteiger partial charge >= 0.3 is 0 Å². The van der Waals surface area contributed by atoms with Crippen molar-refractivity contribution in [1.82, 2.24) is 0 Å². The van der Waals surface area contributed by atoms with Gasteiger partial charge in [0.15, 0.2) is 0 Å². The van der Waals surface area contributed by atoms with E-state index in [-0.39, 0.29) is 6.04 Å². The Morgan fingerprint density at radius 1 is 1.38 bits per heavy atom. The van der Waals surface area contributed by atoms with E-state index in [1.165, 1.54) is 32.1 Å². The highest BCUT2D eigenvalue weighted by atomic mass is 16.2. The van der Waals surface area contributed by atoms with Gasteiger partial charge in [0.2, 0.25) is 0 Å². The molecule has 3 nitrogen and oxygen atoms in total. The quantitative estimate of drug-likeness (QED) is 0.650. The molecule has 1 unspecified atom stereocenters. The number of hydrogen-bond donors (Lipinski definition) is 2. The van der Waals surface area contributed by atoms with Crippen LogP contribution >= 0.6 is 0 Å². The van der Waals surface area contributed by atoms with Crippen molar-refractivity contribution in [3.05, 3.63) is 0 Å². The van der Waals surface area contributed by atoms with Crippen LogP contribution in [0.2, 0.25) is 0 Å². The Morgan fingerprint density at radius 3 is 2.38 bits per heavy atom. The van der Waals surface area contributed by atoms with Crippen molar-refractivity contribution >= 4 is 6.29 Å². The van der Waals surface area contributed by atoms with Gasteiger partial charge in [0, 0.05) is 7.11 Å². The lowest BCUT2D eigenvalue weighted by atomic mass is 9.85. The van der Waals surface area contributed by atoms with Gasteiger partial charge in [0.05, 0.1) is 6.04 Å². The third-order valence-corrected chi connectivity index (χ3v) is 2.51.